The van der Waals surface area contributed by atoms with Crippen LogP contribution in [0.25, 0.3) is 0 Å². The number of rotatable bonds is 2. The predicted molar refractivity (Wildman–Crippen MR) is 73.9 cm³/mol. The van der Waals surface area contributed by atoms with Crippen LogP contribution < -0.4 is 0 Å². The Labute approximate surface area is 112 Å². The van der Waals surface area contributed by atoms with Gasteiger partial charge < -0.3 is 4.74 Å². The van der Waals surface area contributed by atoms with E-state index in [2.05, 4.69) is 4.40 Å². The molecule has 1 fully saturated rings. The smallest absolute Gasteiger partial charge is 0.310 e. The lowest BCUT2D eigenvalue weighted by atomic mass is 9.83. The molecule has 1 saturated carbocycles. The molecule has 0 aliphatic heterocycles. The van der Waals surface area contributed by atoms with E-state index >= 15 is 0 Å². The molecular formula is C13H23NO3S. The zero-order valence-electron chi connectivity index (χ0n) is 12.1. The molecule has 1 atom stereocenters. The fourth-order valence-electron chi connectivity index (χ4n) is 1.39. The summed E-state index contributed by atoms with van der Waals surface area (Å²) in [7, 11) is -1.23. The van der Waals surface area contributed by atoms with Gasteiger partial charge in [0.25, 0.3) is 0 Å². The minimum absolute atomic E-state index is 0.111. The number of nitrogens with zero attached hydrogens (tertiary/aromatic N) is 1. The largest absolute Gasteiger partial charge is 0.460 e. The second-order valence-corrected chi connectivity index (χ2v) is 8.56. The van der Waals surface area contributed by atoms with Gasteiger partial charge in [0.1, 0.15) is 16.6 Å². The molecule has 0 aromatic carbocycles. The molecule has 0 aromatic rings. The number of esters is 1. The SMILES string of the molecule is CC(C)(C)OC(=O)C1CC(=NS(=O)C(C)(C)C)C1. The molecule has 0 aromatic heterocycles. The number of carbonyl (C=O) groups is 1. The fourth-order valence-corrected chi connectivity index (χ4v) is 2.05. The molecular weight excluding hydrogens is 250 g/mol. The van der Waals surface area contributed by atoms with E-state index in [1.807, 2.05) is 41.5 Å². The highest BCUT2D eigenvalue weighted by Crippen LogP contribution is 2.29. The van der Waals surface area contributed by atoms with Gasteiger partial charge in [0.05, 0.1) is 10.7 Å². The Balaban J connectivity index is 2.48. The molecule has 0 bridgehead atoms. The molecule has 1 aliphatic rings. The van der Waals surface area contributed by atoms with Crippen LogP contribution in [0.2, 0.25) is 0 Å². The molecule has 0 heterocycles. The van der Waals surface area contributed by atoms with E-state index < -0.39 is 16.6 Å². The molecule has 18 heavy (non-hydrogen) atoms. The molecule has 5 heteroatoms. The summed E-state index contributed by atoms with van der Waals surface area (Å²) in [6, 6.07) is 0. The Bertz CT molecular complexity index is 380. The third kappa shape index (κ3) is 4.52. The minimum atomic E-state index is -1.23. The molecule has 104 valence electrons. The van der Waals surface area contributed by atoms with Gasteiger partial charge in [0, 0.05) is 18.6 Å². The zero-order valence-corrected chi connectivity index (χ0v) is 12.9. The van der Waals surface area contributed by atoms with Crippen LogP contribution in [0.15, 0.2) is 4.40 Å². The first kappa shape index (κ1) is 15.3. The normalized spacial score (nSPS) is 22.1. The van der Waals surface area contributed by atoms with E-state index in [4.69, 9.17) is 4.74 Å². The molecule has 1 unspecified atom stereocenters. The Morgan fingerprint density at radius 2 is 1.72 bits per heavy atom. The van der Waals surface area contributed by atoms with Crippen LogP contribution >= 0.6 is 0 Å². The number of hydrogen-bond donors (Lipinski definition) is 0. The van der Waals surface area contributed by atoms with Crippen molar-refractivity contribution in [1.82, 2.24) is 0 Å². The predicted octanol–water partition coefficient (Wildman–Crippen LogP) is 2.64. The van der Waals surface area contributed by atoms with Gasteiger partial charge in [-0.15, -0.1) is 0 Å². The van der Waals surface area contributed by atoms with Crippen LogP contribution in [0.3, 0.4) is 0 Å². The van der Waals surface area contributed by atoms with E-state index in [1.54, 1.807) is 0 Å². The van der Waals surface area contributed by atoms with Crippen molar-refractivity contribution >= 4 is 22.7 Å². The lowest BCUT2D eigenvalue weighted by Gasteiger charge is -2.30. The average Bonchev–Trinajstić information content (AvgIpc) is 2.04. The third-order valence-electron chi connectivity index (χ3n) is 2.44. The van der Waals surface area contributed by atoms with Crippen molar-refractivity contribution in [1.29, 1.82) is 0 Å². The number of hydrogen-bond acceptors (Lipinski definition) is 3. The van der Waals surface area contributed by atoms with Crippen LogP contribution in [0.4, 0.5) is 0 Å². The van der Waals surface area contributed by atoms with Crippen LogP contribution in [0, 0.1) is 5.92 Å². The quantitative estimate of drug-likeness (QED) is 0.727. The van der Waals surface area contributed by atoms with Gasteiger partial charge in [-0.05, 0) is 41.5 Å². The lowest BCUT2D eigenvalue weighted by molar-refractivity contribution is -0.160. The average molecular weight is 273 g/mol. The summed E-state index contributed by atoms with van der Waals surface area (Å²) in [4.78, 5) is 11.7. The lowest BCUT2D eigenvalue weighted by Crippen LogP contribution is -2.37. The summed E-state index contributed by atoms with van der Waals surface area (Å²) in [5, 5.41) is 0. The van der Waals surface area contributed by atoms with Crippen molar-refractivity contribution in [2.45, 2.75) is 64.7 Å². The van der Waals surface area contributed by atoms with Gasteiger partial charge in [-0.1, -0.05) is 0 Å². The molecule has 1 rings (SSSR count). The first-order chi connectivity index (χ1) is 7.99. The van der Waals surface area contributed by atoms with Crippen LogP contribution in [0.5, 0.6) is 0 Å². The molecule has 4 nitrogen and oxygen atoms in total. The maximum Gasteiger partial charge on any atom is 0.310 e. The standard InChI is InChI=1S/C13H23NO3S/c1-12(2,3)17-11(15)9-7-10(8-9)14-18(16)13(4,5)6/h9H,7-8H2,1-6H3. The van der Waals surface area contributed by atoms with E-state index in [1.165, 1.54) is 0 Å². The second kappa shape index (κ2) is 5.11. The summed E-state index contributed by atoms with van der Waals surface area (Å²) < 4.78 is 20.9. The van der Waals surface area contributed by atoms with Gasteiger partial charge in [-0.3, -0.25) is 4.79 Å². The monoisotopic (exact) mass is 273 g/mol. The van der Waals surface area contributed by atoms with E-state index in [-0.39, 0.29) is 16.6 Å². The Hall–Kier alpha value is -0.710. The summed E-state index contributed by atoms with van der Waals surface area (Å²) in [5.41, 5.74) is 0.414. The Morgan fingerprint density at radius 1 is 1.22 bits per heavy atom. The summed E-state index contributed by atoms with van der Waals surface area (Å²) >= 11 is 0. The Kier molecular flexibility index (Phi) is 4.36. The van der Waals surface area contributed by atoms with Gasteiger partial charge in [0.2, 0.25) is 0 Å². The highest BCUT2D eigenvalue weighted by molar-refractivity contribution is 7.85. The third-order valence-corrected chi connectivity index (χ3v) is 3.91. The van der Waals surface area contributed by atoms with E-state index in [9.17, 15) is 9.00 Å². The van der Waals surface area contributed by atoms with Crippen molar-refractivity contribution in [3.05, 3.63) is 0 Å². The maximum atomic E-state index is 11.8. The topological polar surface area (TPSA) is 55.7 Å². The molecule has 0 spiro atoms. The second-order valence-electron chi connectivity index (χ2n) is 6.66. The van der Waals surface area contributed by atoms with Gasteiger partial charge in [-0.25, -0.2) is 4.21 Å². The maximum absolute atomic E-state index is 11.8. The highest BCUT2D eigenvalue weighted by Gasteiger charge is 2.35. The van der Waals surface area contributed by atoms with Crippen molar-refractivity contribution in [3.8, 4) is 0 Å². The minimum Gasteiger partial charge on any atom is -0.460 e. The molecule has 0 radical (unpaired) electrons. The summed E-state index contributed by atoms with van der Waals surface area (Å²) in [6.07, 6.45) is 1.16. The highest BCUT2D eigenvalue weighted by atomic mass is 32.2. The zero-order chi connectivity index (χ0) is 14.1. The summed E-state index contributed by atoms with van der Waals surface area (Å²) in [6.45, 7) is 11.2. The van der Waals surface area contributed by atoms with Crippen LogP contribution in [0.1, 0.15) is 54.4 Å². The first-order valence-corrected chi connectivity index (χ1v) is 7.31. The first-order valence-electron chi connectivity index (χ1n) is 6.20. The van der Waals surface area contributed by atoms with Gasteiger partial charge in [-0.2, -0.15) is 4.40 Å². The number of ether oxygens (including phenoxy) is 1. The van der Waals surface area contributed by atoms with Crippen LogP contribution in [-0.4, -0.2) is 26.2 Å². The molecule has 0 saturated heterocycles. The van der Waals surface area contributed by atoms with E-state index in [0.717, 1.165) is 5.71 Å². The van der Waals surface area contributed by atoms with E-state index in [0.29, 0.717) is 12.8 Å². The van der Waals surface area contributed by atoms with Crippen molar-refractivity contribution in [3.63, 3.8) is 0 Å². The fraction of sp³-hybridized carbons (Fsp3) is 0.846. The molecule has 0 N–H and O–H groups in total. The molecule has 1 aliphatic carbocycles. The summed E-state index contributed by atoms with van der Waals surface area (Å²) in [5.74, 6) is -0.289. The Morgan fingerprint density at radius 3 is 2.11 bits per heavy atom. The van der Waals surface area contributed by atoms with Crippen molar-refractivity contribution in [2.24, 2.45) is 10.3 Å². The van der Waals surface area contributed by atoms with Crippen molar-refractivity contribution in [2.75, 3.05) is 0 Å². The van der Waals surface area contributed by atoms with Gasteiger partial charge in [0.15, 0.2) is 0 Å². The number of carbonyl (C=O) groups excluding carboxylic acids is 1. The molecule has 0 amide bonds. The van der Waals surface area contributed by atoms with Crippen LogP contribution in [-0.2, 0) is 20.5 Å². The van der Waals surface area contributed by atoms with Gasteiger partial charge >= 0.3 is 5.97 Å². The van der Waals surface area contributed by atoms with Crippen molar-refractivity contribution < 1.29 is 13.7 Å².